The zero-order valence-electron chi connectivity index (χ0n) is 22.9. The fourth-order valence-electron chi connectivity index (χ4n) is 4.15. The van der Waals surface area contributed by atoms with E-state index in [-0.39, 0.29) is 23.9 Å². The minimum atomic E-state index is -4.01. The van der Waals surface area contributed by atoms with Crippen molar-refractivity contribution in [3.63, 3.8) is 0 Å². The predicted octanol–water partition coefficient (Wildman–Crippen LogP) is 4.76. The van der Waals surface area contributed by atoms with Gasteiger partial charge in [0.25, 0.3) is 0 Å². The third-order valence-electron chi connectivity index (χ3n) is 6.10. The third-order valence-corrected chi connectivity index (χ3v) is 7.57. The lowest BCUT2D eigenvalue weighted by atomic mass is 10.1. The molecule has 1 atom stereocenters. The van der Waals surface area contributed by atoms with Gasteiger partial charge in [-0.1, -0.05) is 60.7 Å². The fraction of sp³-hybridized carbons (Fsp3) is 0.161. The first-order valence-corrected chi connectivity index (χ1v) is 14.7. The van der Waals surface area contributed by atoms with E-state index in [9.17, 15) is 13.2 Å². The molecule has 0 fully saturated rings. The van der Waals surface area contributed by atoms with E-state index in [0.717, 1.165) is 11.3 Å². The smallest absolute Gasteiger partial charge is 0.307 e. The van der Waals surface area contributed by atoms with Crippen LogP contribution in [0.25, 0.3) is 11.1 Å². The predicted molar refractivity (Wildman–Crippen MR) is 160 cm³/mol. The SMILES string of the molecule is CCOC(=O)CC(NS(=O)(=O)c1cccc(-c2cccc(NC(=NC#N)NCc3ccccn3)c2)c1)c1ccccc1. The molecule has 0 aliphatic rings. The number of hydrogen-bond donors (Lipinski definition) is 3. The highest BCUT2D eigenvalue weighted by Gasteiger charge is 2.24. The minimum absolute atomic E-state index is 0.0481. The minimum Gasteiger partial charge on any atom is -0.466 e. The normalized spacial score (nSPS) is 12.1. The molecule has 3 aromatic carbocycles. The van der Waals surface area contributed by atoms with Crippen LogP contribution in [0, 0.1) is 11.5 Å². The van der Waals surface area contributed by atoms with Gasteiger partial charge in [-0.25, -0.2) is 13.1 Å². The van der Waals surface area contributed by atoms with Gasteiger partial charge in [0.15, 0.2) is 0 Å². The van der Waals surface area contributed by atoms with Crippen LogP contribution < -0.4 is 15.4 Å². The van der Waals surface area contributed by atoms with Crippen LogP contribution in [-0.4, -0.2) is 31.9 Å². The molecular formula is C31H30N6O4S. The molecule has 4 aromatic rings. The summed E-state index contributed by atoms with van der Waals surface area (Å²) in [5.74, 6) is -0.254. The lowest BCUT2D eigenvalue weighted by molar-refractivity contribution is -0.143. The topological polar surface area (TPSA) is 146 Å². The van der Waals surface area contributed by atoms with Crippen LogP contribution in [0.4, 0.5) is 5.69 Å². The van der Waals surface area contributed by atoms with Gasteiger partial charge in [0.05, 0.1) is 36.2 Å². The zero-order valence-corrected chi connectivity index (χ0v) is 23.7. The molecule has 11 heteroatoms. The number of carbonyl (C=O) groups excluding carboxylic acids is 1. The maximum absolute atomic E-state index is 13.5. The van der Waals surface area contributed by atoms with E-state index in [1.165, 1.54) is 6.07 Å². The van der Waals surface area contributed by atoms with Gasteiger partial charge in [-0.3, -0.25) is 9.78 Å². The summed E-state index contributed by atoms with van der Waals surface area (Å²) in [6.07, 6.45) is 3.31. The average Bonchev–Trinajstić information content (AvgIpc) is 3.01. The Kier molecular flexibility index (Phi) is 10.4. The third kappa shape index (κ3) is 8.47. The van der Waals surface area contributed by atoms with Gasteiger partial charge in [0, 0.05) is 11.9 Å². The number of nitriles is 1. The number of ether oxygens (including phenoxy) is 1. The molecule has 0 saturated carbocycles. The van der Waals surface area contributed by atoms with Gasteiger partial charge in [0.1, 0.15) is 0 Å². The molecule has 3 N–H and O–H groups in total. The zero-order chi connectivity index (χ0) is 29.8. The van der Waals surface area contributed by atoms with Crippen molar-refractivity contribution in [1.29, 1.82) is 5.26 Å². The Hall–Kier alpha value is -5.05. The lowest BCUT2D eigenvalue weighted by Gasteiger charge is -2.19. The van der Waals surface area contributed by atoms with E-state index in [0.29, 0.717) is 23.4 Å². The number of aromatic nitrogens is 1. The Morgan fingerprint density at radius 3 is 2.43 bits per heavy atom. The summed E-state index contributed by atoms with van der Waals surface area (Å²) >= 11 is 0. The van der Waals surface area contributed by atoms with Gasteiger partial charge < -0.3 is 15.4 Å². The summed E-state index contributed by atoms with van der Waals surface area (Å²) in [5.41, 5.74) is 3.46. The van der Waals surface area contributed by atoms with Crippen LogP contribution in [0.15, 0.2) is 113 Å². The van der Waals surface area contributed by atoms with Crippen molar-refractivity contribution in [1.82, 2.24) is 15.0 Å². The van der Waals surface area contributed by atoms with Gasteiger partial charge in [0.2, 0.25) is 22.2 Å². The summed E-state index contributed by atoms with van der Waals surface area (Å²) in [7, 11) is -4.01. The highest BCUT2D eigenvalue weighted by atomic mass is 32.2. The molecule has 1 aromatic heterocycles. The van der Waals surface area contributed by atoms with Gasteiger partial charge in [-0.05, 0) is 60.0 Å². The van der Waals surface area contributed by atoms with E-state index in [1.54, 1.807) is 67.8 Å². The van der Waals surface area contributed by atoms with Crippen molar-refractivity contribution in [3.8, 4) is 17.3 Å². The number of benzene rings is 3. The Morgan fingerprint density at radius 1 is 0.976 bits per heavy atom. The van der Waals surface area contributed by atoms with E-state index in [2.05, 4.69) is 25.3 Å². The molecule has 1 unspecified atom stereocenters. The van der Waals surface area contributed by atoms with Crippen molar-refractivity contribution in [2.45, 2.75) is 30.8 Å². The van der Waals surface area contributed by atoms with Gasteiger partial charge >= 0.3 is 5.97 Å². The monoisotopic (exact) mass is 582 g/mol. The average molecular weight is 583 g/mol. The van der Waals surface area contributed by atoms with Crippen LogP contribution in [-0.2, 0) is 26.1 Å². The molecule has 214 valence electrons. The Bertz CT molecular complexity index is 1670. The molecule has 42 heavy (non-hydrogen) atoms. The second-order valence-corrected chi connectivity index (χ2v) is 10.8. The van der Waals surface area contributed by atoms with Crippen LogP contribution in [0.1, 0.15) is 30.6 Å². The molecule has 10 nitrogen and oxygen atoms in total. The summed E-state index contributed by atoms with van der Waals surface area (Å²) < 4.78 is 34.7. The maximum atomic E-state index is 13.5. The van der Waals surface area contributed by atoms with Crippen LogP contribution >= 0.6 is 0 Å². The molecule has 1 heterocycles. The number of carbonyl (C=O) groups is 1. The number of hydrogen-bond acceptors (Lipinski definition) is 7. The molecule has 0 spiro atoms. The molecule has 0 bridgehead atoms. The van der Waals surface area contributed by atoms with Crippen molar-refractivity contribution in [2.75, 3.05) is 11.9 Å². The second kappa shape index (κ2) is 14.5. The summed E-state index contributed by atoms with van der Waals surface area (Å²) in [6.45, 7) is 2.26. The first-order valence-electron chi connectivity index (χ1n) is 13.2. The summed E-state index contributed by atoms with van der Waals surface area (Å²) in [6, 6.07) is 27.4. The Labute approximate surface area is 245 Å². The van der Waals surface area contributed by atoms with Crippen molar-refractivity contribution in [2.24, 2.45) is 4.99 Å². The first kappa shape index (κ1) is 29.9. The van der Waals surface area contributed by atoms with Crippen LogP contribution in [0.3, 0.4) is 0 Å². The number of nitrogens with one attached hydrogen (secondary N) is 3. The second-order valence-electron chi connectivity index (χ2n) is 9.06. The summed E-state index contributed by atoms with van der Waals surface area (Å²) in [4.78, 5) is 20.4. The molecule has 0 radical (unpaired) electrons. The molecular weight excluding hydrogens is 552 g/mol. The molecule has 0 saturated heterocycles. The first-order chi connectivity index (χ1) is 20.4. The number of aliphatic imine (C=N–C) groups is 1. The Morgan fingerprint density at radius 2 is 1.71 bits per heavy atom. The number of nitrogens with zero attached hydrogens (tertiary/aromatic N) is 3. The van der Waals surface area contributed by atoms with E-state index < -0.39 is 22.0 Å². The highest BCUT2D eigenvalue weighted by Crippen LogP contribution is 2.27. The number of pyridine rings is 1. The highest BCUT2D eigenvalue weighted by molar-refractivity contribution is 7.89. The van der Waals surface area contributed by atoms with Gasteiger partial charge in [-0.2, -0.15) is 5.26 Å². The number of sulfonamides is 1. The number of esters is 1. The molecule has 4 rings (SSSR count). The van der Waals surface area contributed by atoms with Crippen LogP contribution in [0.2, 0.25) is 0 Å². The van der Waals surface area contributed by atoms with Gasteiger partial charge in [-0.15, -0.1) is 4.99 Å². The van der Waals surface area contributed by atoms with Crippen LogP contribution in [0.5, 0.6) is 0 Å². The molecule has 0 aliphatic heterocycles. The quantitative estimate of drug-likeness (QED) is 0.0993. The fourth-order valence-corrected chi connectivity index (χ4v) is 5.42. The van der Waals surface area contributed by atoms with Crippen molar-refractivity contribution < 1.29 is 17.9 Å². The molecule has 0 amide bonds. The number of rotatable bonds is 11. The maximum Gasteiger partial charge on any atom is 0.307 e. The molecule has 0 aliphatic carbocycles. The Balaban J connectivity index is 1.53. The van der Waals surface area contributed by atoms with E-state index in [4.69, 9.17) is 10.00 Å². The largest absolute Gasteiger partial charge is 0.466 e. The lowest BCUT2D eigenvalue weighted by Crippen LogP contribution is -2.30. The summed E-state index contributed by atoms with van der Waals surface area (Å²) in [5, 5.41) is 15.3. The number of anilines is 1. The van der Waals surface area contributed by atoms with Crippen molar-refractivity contribution >= 4 is 27.6 Å². The standard InChI is InChI=1S/C31H30N6O4S/c1-2-41-30(38)20-29(23-10-4-3-5-11-23)37-42(39,40)28-16-9-13-25(19-28)24-12-8-15-26(18-24)36-31(35-22-32)34-21-27-14-6-7-17-33-27/h3-19,29,37H,2,20-21H2,1H3,(H2,34,35,36). The van der Waals surface area contributed by atoms with E-state index in [1.807, 2.05) is 42.5 Å². The van der Waals surface area contributed by atoms with E-state index >= 15 is 0 Å². The number of guanidine groups is 1. The van der Waals surface area contributed by atoms with Crippen molar-refractivity contribution in [3.05, 3.63) is 115 Å².